The topological polar surface area (TPSA) is 64.6 Å². The highest BCUT2D eigenvalue weighted by atomic mass is 32.1. The first-order chi connectivity index (χ1) is 13.8. The van der Waals surface area contributed by atoms with Gasteiger partial charge in [-0.1, -0.05) is 12.1 Å². The number of pyridine rings is 1. The molecule has 3 heterocycles. The van der Waals surface area contributed by atoms with Gasteiger partial charge < -0.3 is 14.4 Å². The third kappa shape index (κ3) is 4.74. The van der Waals surface area contributed by atoms with Crippen LogP contribution in [0.1, 0.15) is 27.2 Å². The lowest BCUT2D eigenvalue weighted by Crippen LogP contribution is -2.29. The maximum atomic E-state index is 13.0. The molecule has 4 rings (SSSR count). The predicted molar refractivity (Wildman–Crippen MR) is 106 cm³/mol. The van der Waals surface area contributed by atoms with Crippen LogP contribution in [0.4, 0.5) is 0 Å². The van der Waals surface area contributed by atoms with Gasteiger partial charge in [-0.25, -0.2) is 0 Å². The van der Waals surface area contributed by atoms with Crippen molar-refractivity contribution in [2.75, 3.05) is 13.2 Å². The zero-order chi connectivity index (χ0) is 19.2. The van der Waals surface area contributed by atoms with Crippen molar-refractivity contribution < 1.29 is 14.3 Å². The molecule has 1 amide bonds. The van der Waals surface area contributed by atoms with E-state index >= 15 is 0 Å². The molecule has 7 heteroatoms. The number of carbonyl (C=O) groups excluding carboxylic acids is 1. The Kier molecular flexibility index (Phi) is 5.94. The molecule has 0 aliphatic carbocycles. The second-order valence-electron chi connectivity index (χ2n) is 6.63. The van der Waals surface area contributed by atoms with Crippen molar-refractivity contribution in [3.63, 3.8) is 0 Å². The van der Waals surface area contributed by atoms with Crippen LogP contribution < -0.4 is 4.74 Å². The van der Waals surface area contributed by atoms with Crippen LogP contribution in [0.15, 0.2) is 60.5 Å². The van der Waals surface area contributed by atoms with E-state index < -0.39 is 0 Å². The summed E-state index contributed by atoms with van der Waals surface area (Å²) < 4.78 is 11.4. The van der Waals surface area contributed by atoms with E-state index in [1.165, 1.54) is 11.3 Å². The number of benzene rings is 1. The fourth-order valence-corrected chi connectivity index (χ4v) is 3.71. The molecule has 1 aromatic carbocycles. The van der Waals surface area contributed by atoms with E-state index in [-0.39, 0.29) is 12.0 Å². The van der Waals surface area contributed by atoms with E-state index in [1.54, 1.807) is 24.1 Å². The van der Waals surface area contributed by atoms with Crippen LogP contribution in [0.25, 0.3) is 0 Å². The molecule has 1 fully saturated rings. The zero-order valence-electron chi connectivity index (χ0n) is 15.4. The molecule has 0 bridgehead atoms. The third-order valence-corrected chi connectivity index (χ3v) is 5.28. The highest BCUT2D eigenvalue weighted by molar-refractivity contribution is 7.11. The molecular weight excluding hydrogens is 374 g/mol. The van der Waals surface area contributed by atoms with Crippen LogP contribution in [0.5, 0.6) is 5.75 Å². The molecule has 0 spiro atoms. The average molecular weight is 395 g/mol. The van der Waals surface area contributed by atoms with Crippen molar-refractivity contribution in [3.05, 3.63) is 76.5 Å². The molecule has 1 saturated heterocycles. The maximum Gasteiger partial charge on any atom is 0.266 e. The molecule has 0 radical (unpaired) electrons. The van der Waals surface area contributed by atoms with Gasteiger partial charge in [-0.2, -0.15) is 0 Å². The smallest absolute Gasteiger partial charge is 0.266 e. The Morgan fingerprint density at radius 2 is 2.04 bits per heavy atom. The number of hydrogen-bond acceptors (Lipinski definition) is 6. The van der Waals surface area contributed by atoms with E-state index in [0.29, 0.717) is 24.6 Å². The molecule has 1 aliphatic heterocycles. The van der Waals surface area contributed by atoms with Crippen LogP contribution in [0.3, 0.4) is 0 Å². The Morgan fingerprint density at radius 1 is 1.18 bits per heavy atom. The molecule has 28 heavy (non-hydrogen) atoms. The highest BCUT2D eigenvalue weighted by Crippen LogP contribution is 2.21. The number of thiazole rings is 1. The molecule has 2 aromatic heterocycles. The molecule has 6 nitrogen and oxygen atoms in total. The Balaban J connectivity index is 1.52. The minimum absolute atomic E-state index is 0.0326. The summed E-state index contributed by atoms with van der Waals surface area (Å²) in [6.07, 6.45) is 6.10. The van der Waals surface area contributed by atoms with Gasteiger partial charge in [0, 0.05) is 31.9 Å². The Labute approximate surface area is 167 Å². The van der Waals surface area contributed by atoms with Gasteiger partial charge in [-0.05, 0) is 35.4 Å². The standard InChI is InChI=1S/C21H21N3O3S/c25-21(20-11-23-15-28-20)24(12-16-4-7-22-8-5-16)13-17-2-1-3-18(10-17)27-19-6-9-26-14-19/h1-5,7-8,10-11,15,19H,6,9,12-14H2. The van der Waals surface area contributed by atoms with Crippen LogP contribution in [0.2, 0.25) is 0 Å². The highest BCUT2D eigenvalue weighted by Gasteiger charge is 2.20. The van der Waals surface area contributed by atoms with Crippen molar-refractivity contribution in [2.24, 2.45) is 0 Å². The Bertz CT molecular complexity index is 896. The van der Waals surface area contributed by atoms with E-state index in [4.69, 9.17) is 9.47 Å². The summed E-state index contributed by atoms with van der Waals surface area (Å²) in [5.74, 6) is 0.775. The molecule has 144 valence electrons. The van der Waals surface area contributed by atoms with Crippen molar-refractivity contribution in [3.8, 4) is 5.75 Å². The SMILES string of the molecule is O=C(c1cncs1)N(Cc1ccncc1)Cc1cccc(OC2CCOC2)c1. The summed E-state index contributed by atoms with van der Waals surface area (Å²) in [6.45, 7) is 2.36. The van der Waals surface area contributed by atoms with Gasteiger partial charge in [0.05, 0.1) is 24.9 Å². The van der Waals surface area contributed by atoms with E-state index in [2.05, 4.69) is 9.97 Å². The lowest BCUT2D eigenvalue weighted by molar-refractivity contribution is 0.0734. The van der Waals surface area contributed by atoms with Gasteiger partial charge in [0.1, 0.15) is 16.7 Å². The monoisotopic (exact) mass is 395 g/mol. The van der Waals surface area contributed by atoms with Gasteiger partial charge >= 0.3 is 0 Å². The van der Waals surface area contributed by atoms with Gasteiger partial charge in [-0.15, -0.1) is 11.3 Å². The molecule has 0 saturated carbocycles. The zero-order valence-corrected chi connectivity index (χ0v) is 16.2. The normalized spacial score (nSPS) is 16.1. The first kappa shape index (κ1) is 18.6. The molecule has 1 aliphatic rings. The van der Waals surface area contributed by atoms with E-state index in [9.17, 15) is 4.79 Å². The van der Waals surface area contributed by atoms with E-state index in [0.717, 1.165) is 29.9 Å². The van der Waals surface area contributed by atoms with Gasteiger partial charge in [-0.3, -0.25) is 14.8 Å². The largest absolute Gasteiger partial charge is 0.488 e. The summed E-state index contributed by atoms with van der Waals surface area (Å²) in [4.78, 5) is 23.6. The van der Waals surface area contributed by atoms with Crippen molar-refractivity contribution in [2.45, 2.75) is 25.6 Å². The number of aromatic nitrogens is 2. The van der Waals surface area contributed by atoms with Gasteiger partial charge in [0.25, 0.3) is 5.91 Å². The van der Waals surface area contributed by atoms with Crippen LogP contribution >= 0.6 is 11.3 Å². The van der Waals surface area contributed by atoms with Crippen molar-refractivity contribution in [1.29, 1.82) is 0 Å². The van der Waals surface area contributed by atoms with Gasteiger partial charge in [0.2, 0.25) is 0 Å². The number of rotatable bonds is 7. The summed E-state index contributed by atoms with van der Waals surface area (Å²) >= 11 is 1.35. The summed E-state index contributed by atoms with van der Waals surface area (Å²) in [5, 5.41) is 0. The van der Waals surface area contributed by atoms with Crippen LogP contribution in [-0.4, -0.2) is 40.1 Å². The van der Waals surface area contributed by atoms with E-state index in [1.807, 2.05) is 41.3 Å². The second-order valence-corrected chi connectivity index (χ2v) is 7.52. The second kappa shape index (κ2) is 8.95. The number of hydrogen-bond donors (Lipinski definition) is 0. The number of nitrogens with zero attached hydrogens (tertiary/aromatic N) is 3. The summed E-state index contributed by atoms with van der Waals surface area (Å²) in [7, 11) is 0. The third-order valence-electron chi connectivity index (χ3n) is 4.52. The predicted octanol–water partition coefficient (Wildman–Crippen LogP) is 3.55. The summed E-state index contributed by atoms with van der Waals surface area (Å²) in [5.41, 5.74) is 3.72. The Hall–Kier alpha value is -2.77. The van der Waals surface area contributed by atoms with Crippen molar-refractivity contribution >= 4 is 17.2 Å². The lowest BCUT2D eigenvalue weighted by atomic mass is 10.1. The number of ether oxygens (including phenoxy) is 2. The van der Waals surface area contributed by atoms with Crippen LogP contribution in [-0.2, 0) is 17.8 Å². The molecule has 0 N–H and O–H groups in total. The van der Waals surface area contributed by atoms with Crippen molar-refractivity contribution in [1.82, 2.24) is 14.9 Å². The molecule has 3 aromatic rings. The quantitative estimate of drug-likeness (QED) is 0.612. The van der Waals surface area contributed by atoms with Gasteiger partial charge in [0.15, 0.2) is 0 Å². The van der Waals surface area contributed by atoms with Crippen LogP contribution in [0, 0.1) is 0 Å². The molecule has 1 unspecified atom stereocenters. The fraction of sp³-hybridized carbons (Fsp3) is 0.286. The number of amides is 1. The maximum absolute atomic E-state index is 13.0. The average Bonchev–Trinajstić information content (AvgIpc) is 3.42. The first-order valence-electron chi connectivity index (χ1n) is 9.18. The minimum Gasteiger partial charge on any atom is -0.488 e. The molecule has 1 atom stereocenters. The molecular formula is C21H21N3O3S. The minimum atomic E-state index is -0.0326. The fourth-order valence-electron chi connectivity index (χ4n) is 3.12. The Morgan fingerprint density at radius 3 is 2.79 bits per heavy atom. The lowest BCUT2D eigenvalue weighted by Gasteiger charge is -2.23. The number of carbonyl (C=O) groups is 1. The first-order valence-corrected chi connectivity index (χ1v) is 10.1. The summed E-state index contributed by atoms with van der Waals surface area (Å²) in [6, 6.07) is 11.8.